The van der Waals surface area contributed by atoms with Gasteiger partial charge < -0.3 is 49.8 Å². The van der Waals surface area contributed by atoms with Gasteiger partial charge in [0.15, 0.2) is 5.75 Å². The topological polar surface area (TPSA) is 220 Å². The van der Waals surface area contributed by atoms with Gasteiger partial charge in [0.05, 0.1) is 53.0 Å². The first-order chi connectivity index (χ1) is 29.1. The molecule has 0 aliphatic carbocycles. The van der Waals surface area contributed by atoms with Crippen LogP contribution in [0.5, 0.6) is 23.0 Å². The van der Waals surface area contributed by atoms with Gasteiger partial charge in [-0.1, -0.05) is 59.8 Å². The van der Waals surface area contributed by atoms with Crippen molar-refractivity contribution in [2.24, 2.45) is 34.7 Å². The highest BCUT2D eigenvalue weighted by Crippen LogP contribution is 2.55. The molecule has 0 radical (unpaired) electrons. The van der Waals surface area contributed by atoms with Crippen LogP contribution in [0.3, 0.4) is 0 Å². The first-order valence-electron chi connectivity index (χ1n) is 21.2. The number of phenolic OH excluding ortho intramolecular Hbond substituents is 3. The van der Waals surface area contributed by atoms with Crippen molar-refractivity contribution < 1.29 is 58.9 Å². The van der Waals surface area contributed by atoms with Crippen LogP contribution in [0.2, 0.25) is 0 Å². The van der Waals surface area contributed by atoms with E-state index in [1.165, 1.54) is 59.4 Å². The Kier molecular flexibility index (Phi) is 15.0. The number of nitrogens with one attached hydrogen (secondary N) is 1. The second kappa shape index (κ2) is 19.5. The summed E-state index contributed by atoms with van der Waals surface area (Å²) in [6, 6.07) is 0. The van der Waals surface area contributed by atoms with E-state index in [1.54, 1.807) is 44.9 Å². The molecule has 9 atom stereocenters. The molecule has 9 unspecified atom stereocenters. The minimum absolute atomic E-state index is 0.0576. The predicted molar refractivity (Wildman–Crippen MR) is 234 cm³/mol. The van der Waals surface area contributed by atoms with Gasteiger partial charge in [0.2, 0.25) is 0 Å². The monoisotopic (exact) mass is 864 g/mol. The number of rotatable bonds is 6. The summed E-state index contributed by atoms with van der Waals surface area (Å²) in [4.78, 5) is 43.0. The molecule has 340 valence electrons. The van der Waals surface area contributed by atoms with Gasteiger partial charge in [0.1, 0.15) is 23.4 Å². The average Bonchev–Trinajstić information content (AvgIpc) is 3.49. The minimum Gasteiger partial charge on any atom is -0.507 e. The van der Waals surface area contributed by atoms with E-state index < -0.39 is 88.8 Å². The lowest BCUT2D eigenvalue weighted by Gasteiger charge is -2.38. The number of allylic oxidation sites excluding steroid dienone is 2. The molecule has 2 aromatic carbocycles. The maximum Gasteiger partial charge on any atom is 0.312 e. The van der Waals surface area contributed by atoms with E-state index in [-0.39, 0.29) is 44.5 Å². The summed E-state index contributed by atoms with van der Waals surface area (Å²) in [5, 5.41) is 67.3. The SMILES string of the molecule is COC1/C=C/OC2(C)Oc3c(C)c(O)c4c(O)c(c(/C=N\N5CCN(CC(C)C)CC5)c(O)c4c3C2=O)NC(=O)/C(C)=C/C=C/C(C)C(O)C(C)C(O)C(C)C(OC(C)=O)C1C. The van der Waals surface area contributed by atoms with E-state index >= 15 is 0 Å². The number of piperazine rings is 1. The van der Waals surface area contributed by atoms with Crippen molar-refractivity contribution in [1.29, 1.82) is 0 Å². The molecule has 1 fully saturated rings. The van der Waals surface area contributed by atoms with E-state index in [9.17, 15) is 39.9 Å². The standard InChI is InChI=1S/C46H64N4O12/c1-23(2)22-49-16-18-50(19-17-49)47-21-31-36-41(56)34-33(40(31)55)35-43(29(8)39(34)54)62-46(10,44(35)57)60-20-15-32(59-11)26(5)42(61-30(9)51)28(7)38(53)27(6)37(52)24(3)13-12-14-25(4)45(58)48-36/h12-15,20-21,23-24,26-28,32,37-38,42,52-56H,16-19,22H2,1-11H3,(H,48,58)/b13-12+,20-15+,25-14+,47-21-. The van der Waals surface area contributed by atoms with Crippen molar-refractivity contribution >= 4 is 40.3 Å². The number of ether oxygens (including phenoxy) is 4. The number of phenols is 3. The quantitative estimate of drug-likeness (QED) is 0.0933. The van der Waals surface area contributed by atoms with Gasteiger partial charge in [-0.3, -0.25) is 24.3 Å². The van der Waals surface area contributed by atoms with E-state index in [4.69, 9.17) is 18.9 Å². The number of benzene rings is 2. The van der Waals surface area contributed by atoms with Crippen LogP contribution in [-0.2, 0) is 23.8 Å². The number of aromatic hydroxyl groups is 3. The van der Waals surface area contributed by atoms with Gasteiger partial charge in [-0.15, -0.1) is 0 Å². The number of aliphatic hydroxyl groups excluding tert-OH is 2. The second-order valence-electron chi connectivity index (χ2n) is 17.5. The molecule has 4 aliphatic rings. The normalized spacial score (nSPS) is 31.2. The average molecular weight is 865 g/mol. The molecule has 4 aliphatic heterocycles. The molecule has 62 heavy (non-hydrogen) atoms. The molecule has 0 spiro atoms. The molecule has 1 amide bonds. The van der Waals surface area contributed by atoms with Gasteiger partial charge in [0.25, 0.3) is 11.7 Å². The minimum atomic E-state index is -2.05. The molecule has 16 nitrogen and oxygen atoms in total. The summed E-state index contributed by atoms with van der Waals surface area (Å²) in [5.74, 6) is -7.85. The summed E-state index contributed by atoms with van der Waals surface area (Å²) < 4.78 is 23.7. The number of aliphatic hydroxyl groups is 2. The van der Waals surface area contributed by atoms with E-state index in [0.717, 1.165) is 19.6 Å². The Labute approximate surface area is 363 Å². The highest BCUT2D eigenvalue weighted by Gasteiger charge is 2.50. The molecule has 6 rings (SSSR count). The van der Waals surface area contributed by atoms with Gasteiger partial charge in [-0.25, -0.2) is 0 Å². The summed E-state index contributed by atoms with van der Waals surface area (Å²) in [5.41, 5.74) is -0.335. The van der Waals surface area contributed by atoms with Gasteiger partial charge in [-0.2, -0.15) is 5.10 Å². The number of Topliss-reactive ketones (excluding diaryl/α,β-unsaturated/α-hetero) is 1. The largest absolute Gasteiger partial charge is 0.507 e. The Morgan fingerprint density at radius 1 is 0.968 bits per heavy atom. The number of carbonyl (C=O) groups excluding carboxylic acids is 3. The molecule has 16 heteroatoms. The molecule has 5 bridgehead atoms. The lowest BCUT2D eigenvalue weighted by molar-refractivity contribution is -0.160. The zero-order chi connectivity index (χ0) is 46.0. The third-order valence-electron chi connectivity index (χ3n) is 12.4. The third kappa shape index (κ3) is 9.73. The van der Waals surface area contributed by atoms with Crippen LogP contribution in [0.4, 0.5) is 5.69 Å². The van der Waals surface area contributed by atoms with Crippen LogP contribution in [0, 0.1) is 36.5 Å². The van der Waals surface area contributed by atoms with Crippen LogP contribution in [0.25, 0.3) is 10.8 Å². The molecular weight excluding hydrogens is 801 g/mol. The molecule has 0 aromatic heterocycles. The Hall–Kier alpha value is -5.16. The number of fused-ring (bicyclic) bond motifs is 14. The molecule has 0 saturated carbocycles. The van der Waals surface area contributed by atoms with Gasteiger partial charge >= 0.3 is 11.8 Å². The van der Waals surface area contributed by atoms with Crippen LogP contribution in [-0.4, -0.2) is 129 Å². The number of nitrogens with zero attached hydrogens (tertiary/aromatic N) is 3. The fourth-order valence-corrected chi connectivity index (χ4v) is 8.56. The number of methoxy groups -OCH3 is 1. The number of anilines is 1. The van der Waals surface area contributed by atoms with Crippen molar-refractivity contribution in [1.82, 2.24) is 9.91 Å². The summed E-state index contributed by atoms with van der Waals surface area (Å²) in [6.45, 7) is 20.4. The number of hydrogen-bond donors (Lipinski definition) is 6. The number of carbonyl (C=O) groups is 3. The highest BCUT2D eigenvalue weighted by atomic mass is 16.7. The number of hydrogen-bond acceptors (Lipinski definition) is 15. The van der Waals surface area contributed by atoms with Crippen LogP contribution >= 0.6 is 0 Å². The van der Waals surface area contributed by atoms with E-state index in [0.29, 0.717) is 19.0 Å². The molecule has 1 saturated heterocycles. The predicted octanol–water partition coefficient (Wildman–Crippen LogP) is 5.36. The Balaban J connectivity index is 1.68. The first kappa shape index (κ1) is 47.9. The fourth-order valence-electron chi connectivity index (χ4n) is 8.56. The summed E-state index contributed by atoms with van der Waals surface area (Å²) in [7, 11) is 1.44. The molecular formula is C46H64N4O12. The highest BCUT2D eigenvalue weighted by molar-refractivity contribution is 6.23. The van der Waals surface area contributed by atoms with Crippen LogP contribution in [0.15, 0.2) is 41.2 Å². The summed E-state index contributed by atoms with van der Waals surface area (Å²) >= 11 is 0. The maximum atomic E-state index is 14.5. The molecule has 6 N–H and O–H groups in total. The van der Waals surface area contributed by atoms with Gasteiger partial charge in [0, 0.05) is 93.9 Å². The Bertz CT molecular complexity index is 2140. The third-order valence-corrected chi connectivity index (χ3v) is 12.4. The van der Waals surface area contributed by atoms with Crippen molar-refractivity contribution in [2.75, 3.05) is 45.2 Å². The molecule has 2 aromatic rings. The molecule has 4 heterocycles. The smallest absolute Gasteiger partial charge is 0.312 e. The second-order valence-corrected chi connectivity index (χ2v) is 17.5. The number of esters is 1. The Morgan fingerprint density at radius 2 is 1.63 bits per heavy atom. The van der Waals surface area contributed by atoms with Crippen molar-refractivity contribution in [3.05, 3.63) is 52.8 Å². The van der Waals surface area contributed by atoms with E-state index in [2.05, 4.69) is 29.2 Å². The van der Waals surface area contributed by atoms with Crippen LogP contribution in [0.1, 0.15) is 83.8 Å². The van der Waals surface area contributed by atoms with Gasteiger partial charge in [-0.05, 0) is 25.8 Å². The first-order valence-corrected chi connectivity index (χ1v) is 21.2. The fraction of sp³-hybridized carbons (Fsp3) is 0.565. The Morgan fingerprint density at radius 3 is 2.24 bits per heavy atom. The maximum absolute atomic E-state index is 14.5. The lowest BCUT2D eigenvalue weighted by Crippen LogP contribution is -2.46. The zero-order valence-electron chi connectivity index (χ0n) is 37.6. The van der Waals surface area contributed by atoms with Crippen molar-refractivity contribution in [2.45, 2.75) is 99.4 Å². The van der Waals surface area contributed by atoms with Crippen molar-refractivity contribution in [3.63, 3.8) is 0 Å². The number of amides is 1. The number of ketones is 1. The van der Waals surface area contributed by atoms with E-state index in [1.807, 2.05) is 0 Å². The number of hydrazone groups is 1. The van der Waals surface area contributed by atoms with Crippen molar-refractivity contribution in [3.8, 4) is 23.0 Å². The zero-order valence-corrected chi connectivity index (χ0v) is 37.6. The summed E-state index contributed by atoms with van der Waals surface area (Å²) in [6.07, 6.45) is 4.90. The lowest BCUT2D eigenvalue weighted by atomic mass is 9.78. The van der Waals surface area contributed by atoms with Crippen LogP contribution < -0.4 is 10.1 Å².